The first-order chi connectivity index (χ1) is 15.9. The molecule has 0 unspecified atom stereocenters. The molecule has 8 nitrogen and oxygen atoms in total. The number of imidazole rings is 1. The molecule has 0 aliphatic carbocycles. The van der Waals surface area contributed by atoms with Crippen LogP contribution in [-0.4, -0.2) is 42.3 Å². The Balaban J connectivity index is 1.75. The second-order valence-corrected chi connectivity index (χ2v) is 8.13. The normalized spacial score (nSPS) is 15.7. The summed E-state index contributed by atoms with van der Waals surface area (Å²) in [5.41, 5.74) is 4.24. The van der Waals surface area contributed by atoms with Gasteiger partial charge in [0.25, 0.3) is 0 Å². The Morgan fingerprint density at radius 2 is 2.09 bits per heavy atom. The lowest BCUT2D eigenvalue weighted by Gasteiger charge is -2.24. The topological polar surface area (TPSA) is 105 Å². The van der Waals surface area contributed by atoms with Crippen LogP contribution in [-0.2, 0) is 12.8 Å². The molecule has 2 aromatic heterocycles. The standard InChI is InChI=1S/C24H24FN5O3/c1-3-15-16(7-8-17(25)22(15)31)13-5-6-14-12-27-30(20(14)11-13)29-21-18(4-2)26-10-9-19(21)28-23(29)24(32)33/h5-8,11-12,18,26,31H,3-4,9-10H2,1-2H3,(H,32,33)/t18-/m0/s1. The van der Waals surface area contributed by atoms with E-state index >= 15 is 0 Å². The molecule has 0 amide bonds. The number of fused-ring (bicyclic) bond motifs is 2. The first-order valence-corrected chi connectivity index (χ1v) is 11.0. The van der Waals surface area contributed by atoms with Gasteiger partial charge in [-0.25, -0.2) is 18.8 Å². The molecule has 170 valence electrons. The van der Waals surface area contributed by atoms with Gasteiger partial charge in [-0.15, -0.1) is 0 Å². The van der Waals surface area contributed by atoms with Gasteiger partial charge in [-0.1, -0.05) is 32.0 Å². The zero-order chi connectivity index (χ0) is 23.3. The summed E-state index contributed by atoms with van der Waals surface area (Å²) in [5.74, 6) is -2.23. The Kier molecular flexibility index (Phi) is 5.13. The van der Waals surface area contributed by atoms with Crippen LogP contribution in [0, 0.1) is 5.82 Å². The average molecular weight is 449 g/mol. The minimum atomic E-state index is -1.13. The molecule has 0 saturated carbocycles. The number of halogens is 1. The number of aromatic nitrogens is 4. The summed E-state index contributed by atoms with van der Waals surface area (Å²) in [6.45, 7) is 4.63. The maximum atomic E-state index is 13.9. The number of nitrogens with one attached hydrogen (secondary N) is 1. The molecule has 0 bridgehead atoms. The van der Waals surface area contributed by atoms with E-state index in [2.05, 4.69) is 15.4 Å². The third-order valence-corrected chi connectivity index (χ3v) is 6.29. The molecule has 1 aliphatic rings. The predicted octanol–water partition coefficient (Wildman–Crippen LogP) is 3.91. The van der Waals surface area contributed by atoms with Gasteiger partial charge in [0.15, 0.2) is 11.6 Å². The first-order valence-electron chi connectivity index (χ1n) is 11.0. The molecule has 3 N–H and O–H groups in total. The maximum absolute atomic E-state index is 13.9. The minimum absolute atomic E-state index is 0.0440. The van der Waals surface area contributed by atoms with Crippen LogP contribution in [0.4, 0.5) is 4.39 Å². The van der Waals surface area contributed by atoms with Crippen molar-refractivity contribution < 1.29 is 19.4 Å². The number of benzene rings is 2. The van der Waals surface area contributed by atoms with E-state index in [9.17, 15) is 19.4 Å². The van der Waals surface area contributed by atoms with Crippen molar-refractivity contribution in [3.8, 4) is 16.9 Å². The molecule has 1 aliphatic heterocycles. The van der Waals surface area contributed by atoms with Gasteiger partial charge in [0, 0.05) is 23.9 Å². The highest BCUT2D eigenvalue weighted by Gasteiger charge is 2.31. The quantitative estimate of drug-likeness (QED) is 0.427. The largest absolute Gasteiger partial charge is 0.505 e. The number of hydrogen-bond donors (Lipinski definition) is 3. The van der Waals surface area contributed by atoms with Crippen LogP contribution in [0.1, 0.15) is 53.9 Å². The maximum Gasteiger partial charge on any atom is 0.374 e. The smallest absolute Gasteiger partial charge is 0.374 e. The van der Waals surface area contributed by atoms with Crippen molar-refractivity contribution >= 4 is 16.9 Å². The second-order valence-electron chi connectivity index (χ2n) is 8.13. The molecule has 0 spiro atoms. The summed E-state index contributed by atoms with van der Waals surface area (Å²) in [6.07, 6.45) is 3.55. The van der Waals surface area contributed by atoms with E-state index in [0.29, 0.717) is 29.5 Å². The number of aromatic hydroxyl groups is 1. The lowest BCUT2D eigenvalue weighted by Crippen LogP contribution is -2.33. The summed E-state index contributed by atoms with van der Waals surface area (Å²) in [7, 11) is 0. The van der Waals surface area contributed by atoms with Gasteiger partial charge >= 0.3 is 5.97 Å². The van der Waals surface area contributed by atoms with Crippen LogP contribution in [0.25, 0.3) is 22.0 Å². The van der Waals surface area contributed by atoms with E-state index in [1.807, 2.05) is 32.0 Å². The van der Waals surface area contributed by atoms with Crippen molar-refractivity contribution in [3.05, 3.63) is 65.1 Å². The number of rotatable bonds is 5. The van der Waals surface area contributed by atoms with Crippen molar-refractivity contribution in [1.29, 1.82) is 0 Å². The Labute approximate surface area is 189 Å². The number of phenols is 1. The zero-order valence-corrected chi connectivity index (χ0v) is 18.3. The van der Waals surface area contributed by atoms with Crippen LogP contribution in [0.2, 0.25) is 0 Å². The Morgan fingerprint density at radius 1 is 1.27 bits per heavy atom. The first kappa shape index (κ1) is 21.1. The molecule has 0 radical (unpaired) electrons. The van der Waals surface area contributed by atoms with Crippen LogP contribution in [0.5, 0.6) is 5.75 Å². The second kappa shape index (κ2) is 8.00. The van der Waals surface area contributed by atoms with Crippen molar-refractivity contribution in [3.63, 3.8) is 0 Å². The van der Waals surface area contributed by atoms with Gasteiger partial charge in [0.05, 0.1) is 29.1 Å². The van der Waals surface area contributed by atoms with Crippen LogP contribution < -0.4 is 5.32 Å². The molecule has 0 fully saturated rings. The number of carbonyl (C=O) groups is 1. The van der Waals surface area contributed by atoms with Crippen molar-refractivity contribution in [2.75, 3.05) is 6.54 Å². The molecule has 1 atom stereocenters. The molecular formula is C24H24FN5O3. The highest BCUT2D eigenvalue weighted by Crippen LogP contribution is 2.35. The Morgan fingerprint density at radius 3 is 2.82 bits per heavy atom. The lowest BCUT2D eigenvalue weighted by atomic mass is 9.96. The van der Waals surface area contributed by atoms with Crippen molar-refractivity contribution in [1.82, 2.24) is 24.9 Å². The van der Waals surface area contributed by atoms with E-state index in [1.165, 1.54) is 6.07 Å². The monoisotopic (exact) mass is 449 g/mol. The number of hydrogen-bond acceptors (Lipinski definition) is 5. The summed E-state index contributed by atoms with van der Waals surface area (Å²) >= 11 is 0. The van der Waals surface area contributed by atoms with E-state index in [1.54, 1.807) is 21.7 Å². The van der Waals surface area contributed by atoms with Crippen molar-refractivity contribution in [2.45, 2.75) is 39.2 Å². The van der Waals surface area contributed by atoms with E-state index in [-0.39, 0.29) is 17.6 Å². The number of carboxylic acids is 1. The van der Waals surface area contributed by atoms with Crippen LogP contribution in [0.3, 0.4) is 0 Å². The summed E-state index contributed by atoms with van der Waals surface area (Å²) in [4.78, 5) is 18.1. The molecule has 33 heavy (non-hydrogen) atoms. The number of aromatic carboxylic acids is 1. The third kappa shape index (κ3) is 3.27. The Hall–Kier alpha value is -3.72. The van der Waals surface area contributed by atoms with E-state index in [4.69, 9.17) is 0 Å². The van der Waals surface area contributed by atoms with E-state index in [0.717, 1.165) is 35.3 Å². The van der Waals surface area contributed by atoms with Gasteiger partial charge in [-0.2, -0.15) is 9.89 Å². The molecular weight excluding hydrogens is 425 g/mol. The van der Waals surface area contributed by atoms with Gasteiger partial charge < -0.3 is 15.5 Å². The minimum Gasteiger partial charge on any atom is -0.505 e. The van der Waals surface area contributed by atoms with Crippen molar-refractivity contribution in [2.24, 2.45) is 0 Å². The molecule has 4 aromatic rings. The number of carboxylic acid groups (broad SMARTS) is 1. The zero-order valence-electron chi connectivity index (χ0n) is 18.3. The number of nitrogens with zero attached hydrogens (tertiary/aromatic N) is 4. The highest BCUT2D eigenvalue weighted by atomic mass is 19.1. The van der Waals surface area contributed by atoms with Gasteiger partial charge in [-0.3, -0.25) is 0 Å². The summed E-state index contributed by atoms with van der Waals surface area (Å²) < 4.78 is 15.5. The molecule has 2 aromatic carbocycles. The average Bonchev–Trinajstić information content (AvgIpc) is 3.41. The molecule has 0 saturated heterocycles. The van der Waals surface area contributed by atoms with Gasteiger partial charge in [-0.05, 0) is 36.1 Å². The van der Waals surface area contributed by atoms with Gasteiger partial charge in [0.2, 0.25) is 5.82 Å². The van der Waals surface area contributed by atoms with Crippen LogP contribution in [0.15, 0.2) is 36.5 Å². The SMILES string of the molecule is CCc1c(-c2ccc3cnn(-n4c(C(=O)O)nc5c4[C@H](CC)NCC5)c3c2)ccc(F)c1O. The lowest BCUT2D eigenvalue weighted by molar-refractivity contribution is 0.0675. The van der Waals surface area contributed by atoms with Gasteiger partial charge in [0.1, 0.15) is 0 Å². The molecule has 3 heterocycles. The molecule has 5 rings (SSSR count). The fourth-order valence-corrected chi connectivity index (χ4v) is 4.70. The molecule has 9 heteroatoms. The van der Waals surface area contributed by atoms with E-state index < -0.39 is 11.8 Å². The summed E-state index contributed by atoms with van der Waals surface area (Å²) in [6, 6.07) is 8.50. The fraction of sp³-hybridized carbons (Fsp3) is 0.292. The predicted molar refractivity (Wildman–Crippen MR) is 121 cm³/mol. The van der Waals surface area contributed by atoms with Crippen LogP contribution >= 0.6 is 0 Å². The summed E-state index contributed by atoms with van der Waals surface area (Å²) in [5, 5.41) is 28.9. The third-order valence-electron chi connectivity index (χ3n) is 6.29. The Bertz CT molecular complexity index is 1390. The number of phenolic OH excluding ortho intramolecular Hbond substituents is 1. The fourth-order valence-electron chi connectivity index (χ4n) is 4.70. The highest BCUT2D eigenvalue weighted by molar-refractivity contribution is 5.87.